The fourth-order valence-electron chi connectivity index (χ4n) is 3.35. The van der Waals surface area contributed by atoms with E-state index in [0.29, 0.717) is 16.9 Å². The monoisotopic (exact) mass is 357 g/mol. The maximum Gasteiger partial charge on any atom is 0.374 e. The topological polar surface area (TPSA) is 85.6 Å². The zero-order valence-corrected chi connectivity index (χ0v) is 15.0. The summed E-state index contributed by atoms with van der Waals surface area (Å²) in [6, 6.07) is 6.36. The largest absolute Gasteiger partial charge is 0.450 e. The molecule has 2 atom stereocenters. The van der Waals surface area contributed by atoms with Gasteiger partial charge in [0.15, 0.2) is 12.0 Å². The number of hydrogen-bond donors (Lipinski definition) is 1. The van der Waals surface area contributed by atoms with Gasteiger partial charge in [-0.15, -0.1) is 0 Å². The van der Waals surface area contributed by atoms with Crippen molar-refractivity contribution in [2.24, 2.45) is 5.92 Å². The number of benzene rings is 1. The molecule has 0 spiro atoms. The molecule has 1 aliphatic carbocycles. The zero-order chi connectivity index (χ0) is 18.7. The van der Waals surface area contributed by atoms with E-state index in [1.165, 1.54) is 6.42 Å². The lowest BCUT2D eigenvalue weighted by molar-refractivity contribution is -0.125. The predicted octanol–water partition coefficient (Wildman–Crippen LogP) is 2.95. The molecular weight excluding hydrogens is 334 g/mol. The maximum absolute atomic E-state index is 12.1. The van der Waals surface area contributed by atoms with Crippen LogP contribution in [0, 0.1) is 12.8 Å². The number of esters is 1. The Bertz CT molecular complexity index is 885. The van der Waals surface area contributed by atoms with Crippen molar-refractivity contribution in [1.29, 1.82) is 0 Å². The molecule has 1 aromatic heterocycles. The minimum Gasteiger partial charge on any atom is -0.450 e. The smallest absolute Gasteiger partial charge is 0.374 e. The molecule has 1 amide bonds. The summed E-state index contributed by atoms with van der Waals surface area (Å²) in [5.74, 6) is -0.942. The van der Waals surface area contributed by atoms with Gasteiger partial charge in [0, 0.05) is 12.1 Å². The molecule has 6 heteroatoms. The lowest BCUT2D eigenvalue weighted by Crippen LogP contribution is -2.42. The van der Waals surface area contributed by atoms with Gasteiger partial charge in [0.25, 0.3) is 5.91 Å². The summed E-state index contributed by atoms with van der Waals surface area (Å²) >= 11 is 0. The third-order valence-corrected chi connectivity index (χ3v) is 4.88. The van der Waals surface area contributed by atoms with Gasteiger partial charge in [-0.1, -0.05) is 31.4 Å². The molecule has 1 N–H and O–H groups in total. The third-order valence-electron chi connectivity index (χ3n) is 4.88. The minimum absolute atomic E-state index is 0.122. The first-order valence-corrected chi connectivity index (χ1v) is 8.95. The first-order chi connectivity index (χ1) is 12.4. The summed E-state index contributed by atoms with van der Waals surface area (Å²) in [7, 11) is 0. The Balaban J connectivity index is 1.63. The van der Waals surface area contributed by atoms with Crippen molar-refractivity contribution in [2.45, 2.75) is 45.6 Å². The molecule has 1 saturated carbocycles. The Morgan fingerprint density at radius 2 is 2.00 bits per heavy atom. The number of aryl methyl sites for hydroxylation is 1. The Hall–Kier alpha value is -2.63. The van der Waals surface area contributed by atoms with Gasteiger partial charge in [0.05, 0.1) is 5.39 Å². The first kappa shape index (κ1) is 18.2. The molecule has 1 heterocycles. The highest BCUT2D eigenvalue weighted by Crippen LogP contribution is 2.23. The lowest BCUT2D eigenvalue weighted by Gasteiger charge is -2.29. The van der Waals surface area contributed by atoms with E-state index in [1.54, 1.807) is 18.2 Å². The molecule has 6 nitrogen and oxygen atoms in total. The number of carbonyl (C=O) groups excluding carboxylic acids is 2. The van der Waals surface area contributed by atoms with E-state index in [1.807, 2.05) is 6.92 Å². The van der Waals surface area contributed by atoms with Crippen molar-refractivity contribution in [2.75, 3.05) is 6.61 Å². The maximum atomic E-state index is 12.1. The van der Waals surface area contributed by atoms with E-state index in [4.69, 9.17) is 9.15 Å². The number of amides is 1. The summed E-state index contributed by atoms with van der Waals surface area (Å²) in [6.07, 6.45) is 4.31. The average Bonchev–Trinajstić information content (AvgIpc) is 2.62. The number of rotatable bonds is 4. The van der Waals surface area contributed by atoms with E-state index >= 15 is 0 Å². The molecule has 0 unspecified atom stereocenters. The standard InChI is InChI=1S/C20H23NO5/c1-12-7-8-17-14(9-12)16(22)10-18(26-17)20(24)25-11-19(23)21-15-6-4-3-5-13(15)2/h7-10,13,15H,3-6,11H2,1-2H3,(H,21,23)/t13-,15-/m1/s1. The number of fused-ring (bicyclic) bond motifs is 1. The van der Waals surface area contributed by atoms with E-state index < -0.39 is 12.6 Å². The van der Waals surface area contributed by atoms with Crippen LogP contribution < -0.4 is 10.7 Å². The van der Waals surface area contributed by atoms with Gasteiger partial charge >= 0.3 is 5.97 Å². The van der Waals surface area contributed by atoms with Crippen LogP contribution >= 0.6 is 0 Å². The second kappa shape index (κ2) is 7.72. The average molecular weight is 357 g/mol. The fraction of sp³-hybridized carbons (Fsp3) is 0.450. The number of hydrogen-bond acceptors (Lipinski definition) is 5. The molecular formula is C20H23NO5. The van der Waals surface area contributed by atoms with E-state index in [0.717, 1.165) is 30.9 Å². The zero-order valence-electron chi connectivity index (χ0n) is 15.0. The SMILES string of the molecule is Cc1ccc2oc(C(=O)OCC(=O)N[C@@H]3CCCC[C@H]3C)cc(=O)c2c1. The Labute approximate surface area is 151 Å². The molecule has 2 aromatic rings. The minimum atomic E-state index is -0.823. The summed E-state index contributed by atoms with van der Waals surface area (Å²) in [4.78, 5) is 36.3. The highest BCUT2D eigenvalue weighted by Gasteiger charge is 2.23. The first-order valence-electron chi connectivity index (χ1n) is 8.95. The van der Waals surface area contributed by atoms with Gasteiger partial charge in [0.2, 0.25) is 5.76 Å². The summed E-state index contributed by atoms with van der Waals surface area (Å²) < 4.78 is 10.5. The predicted molar refractivity (Wildman–Crippen MR) is 97.1 cm³/mol. The second-order valence-electron chi connectivity index (χ2n) is 6.99. The molecule has 1 fully saturated rings. The Morgan fingerprint density at radius 1 is 1.23 bits per heavy atom. The molecule has 0 radical (unpaired) electrons. The third kappa shape index (κ3) is 4.12. The van der Waals surface area contributed by atoms with Crippen LogP contribution in [0.4, 0.5) is 0 Å². The van der Waals surface area contributed by atoms with Crippen molar-refractivity contribution in [3.8, 4) is 0 Å². The summed E-state index contributed by atoms with van der Waals surface area (Å²) in [6.45, 7) is 3.59. The van der Waals surface area contributed by atoms with Crippen LogP contribution in [0.25, 0.3) is 11.0 Å². The molecule has 26 heavy (non-hydrogen) atoms. The van der Waals surface area contributed by atoms with Crippen LogP contribution in [0.15, 0.2) is 33.5 Å². The van der Waals surface area contributed by atoms with Crippen molar-refractivity contribution in [3.05, 3.63) is 45.8 Å². The van der Waals surface area contributed by atoms with Gasteiger partial charge in [-0.05, 0) is 37.8 Å². The summed E-state index contributed by atoms with van der Waals surface area (Å²) in [5.41, 5.74) is 0.923. The van der Waals surface area contributed by atoms with Gasteiger partial charge in [-0.2, -0.15) is 0 Å². The number of nitrogens with one attached hydrogen (secondary N) is 1. The van der Waals surface area contributed by atoms with Crippen LogP contribution in [0.5, 0.6) is 0 Å². The van der Waals surface area contributed by atoms with Crippen molar-refractivity contribution in [3.63, 3.8) is 0 Å². The van der Waals surface area contributed by atoms with Crippen LogP contribution in [-0.2, 0) is 9.53 Å². The normalized spacial score (nSPS) is 19.9. The van der Waals surface area contributed by atoms with Gasteiger partial charge in [0.1, 0.15) is 5.58 Å². The van der Waals surface area contributed by atoms with Crippen LogP contribution in [0.1, 0.15) is 48.7 Å². The molecule has 1 aromatic carbocycles. The van der Waals surface area contributed by atoms with Crippen LogP contribution in [0.3, 0.4) is 0 Å². The van der Waals surface area contributed by atoms with E-state index in [-0.39, 0.29) is 23.1 Å². The highest BCUT2D eigenvalue weighted by atomic mass is 16.5. The van der Waals surface area contributed by atoms with Gasteiger partial charge < -0.3 is 14.5 Å². The van der Waals surface area contributed by atoms with E-state index in [9.17, 15) is 14.4 Å². The van der Waals surface area contributed by atoms with Crippen LogP contribution in [0.2, 0.25) is 0 Å². The number of carbonyl (C=O) groups is 2. The van der Waals surface area contributed by atoms with Crippen LogP contribution in [-0.4, -0.2) is 24.5 Å². The highest BCUT2D eigenvalue weighted by molar-refractivity contribution is 5.90. The van der Waals surface area contributed by atoms with Gasteiger partial charge in [-0.3, -0.25) is 9.59 Å². The number of ether oxygens (including phenoxy) is 1. The fourth-order valence-corrected chi connectivity index (χ4v) is 3.35. The molecule has 0 aliphatic heterocycles. The van der Waals surface area contributed by atoms with Crippen molar-refractivity contribution < 1.29 is 18.7 Å². The summed E-state index contributed by atoms with van der Waals surface area (Å²) in [5, 5.41) is 3.32. The molecule has 1 aliphatic rings. The lowest BCUT2D eigenvalue weighted by atomic mass is 9.86. The Kier molecular flexibility index (Phi) is 5.40. The molecule has 0 bridgehead atoms. The molecule has 138 valence electrons. The van der Waals surface area contributed by atoms with Crippen molar-refractivity contribution in [1.82, 2.24) is 5.32 Å². The second-order valence-corrected chi connectivity index (χ2v) is 6.99. The molecule has 3 rings (SSSR count). The van der Waals surface area contributed by atoms with E-state index in [2.05, 4.69) is 12.2 Å². The quantitative estimate of drug-likeness (QED) is 0.850. The Morgan fingerprint density at radius 3 is 2.77 bits per heavy atom. The van der Waals surface area contributed by atoms with Crippen molar-refractivity contribution >= 4 is 22.8 Å². The van der Waals surface area contributed by atoms with Gasteiger partial charge in [-0.25, -0.2) is 4.79 Å². The molecule has 0 saturated heterocycles.